The lowest BCUT2D eigenvalue weighted by Crippen LogP contribution is -2.01. The van der Waals surface area contributed by atoms with Crippen molar-refractivity contribution in [2.75, 3.05) is 5.73 Å². The topological polar surface area (TPSA) is 56.7 Å². The number of nitrogens with two attached hydrogens (primary N) is 1. The van der Waals surface area contributed by atoms with Crippen molar-refractivity contribution >= 4 is 38.3 Å². The van der Waals surface area contributed by atoms with Gasteiger partial charge in [0.15, 0.2) is 5.13 Å². The second kappa shape index (κ2) is 4.68. The normalized spacial score (nSPS) is 14.6. The molecule has 2 aromatic heterocycles. The van der Waals surface area contributed by atoms with Crippen molar-refractivity contribution < 1.29 is 4.39 Å². The number of fused-ring (bicyclic) bond motifs is 2. The first-order chi connectivity index (χ1) is 10.1. The fourth-order valence-electron chi connectivity index (χ4n) is 2.79. The van der Waals surface area contributed by atoms with E-state index in [4.69, 9.17) is 17.3 Å². The van der Waals surface area contributed by atoms with E-state index in [1.807, 2.05) is 0 Å². The summed E-state index contributed by atoms with van der Waals surface area (Å²) < 4.78 is 16.6. The molecule has 0 aliphatic heterocycles. The van der Waals surface area contributed by atoms with Crippen LogP contribution in [0.1, 0.15) is 24.1 Å². The monoisotopic (exact) mass is 322 g/mol. The van der Waals surface area contributed by atoms with Crippen molar-refractivity contribution in [3.05, 3.63) is 34.4 Å². The number of rotatable bonds is 1. The van der Waals surface area contributed by atoms with Gasteiger partial charge in [-0.15, -0.1) is 0 Å². The third-order valence-corrected chi connectivity index (χ3v) is 5.03. The summed E-state index contributed by atoms with van der Waals surface area (Å²) in [7, 11) is 0. The van der Waals surface area contributed by atoms with Gasteiger partial charge in [0.2, 0.25) is 0 Å². The highest BCUT2D eigenvalue weighted by molar-refractivity contribution is 7.22. The molecule has 0 bridgehead atoms. The highest BCUT2D eigenvalue weighted by Crippen LogP contribution is 2.33. The summed E-state index contributed by atoms with van der Waals surface area (Å²) >= 11 is 7.66. The first kappa shape index (κ1) is 13.0. The average Bonchev–Trinajstić information content (AvgIpc) is 2.98. The second-order valence-electron chi connectivity index (χ2n) is 5.16. The van der Waals surface area contributed by atoms with Crippen LogP contribution in [-0.4, -0.2) is 14.8 Å². The summed E-state index contributed by atoms with van der Waals surface area (Å²) in [6.07, 6.45) is 4.00. The third-order valence-electron chi connectivity index (χ3n) is 3.80. The van der Waals surface area contributed by atoms with Gasteiger partial charge < -0.3 is 5.73 Å². The molecule has 1 aliphatic carbocycles. The lowest BCUT2D eigenvalue weighted by atomic mass is 9.99. The number of benzene rings is 1. The maximum Gasteiger partial charge on any atom is 0.181 e. The van der Waals surface area contributed by atoms with Gasteiger partial charge in [-0.05, 0) is 37.8 Å². The van der Waals surface area contributed by atoms with Gasteiger partial charge in [0.1, 0.15) is 16.7 Å². The maximum atomic E-state index is 14.4. The van der Waals surface area contributed by atoms with Crippen LogP contribution in [0.5, 0.6) is 0 Å². The number of thiazole rings is 1. The fourth-order valence-corrected chi connectivity index (χ4v) is 3.87. The SMILES string of the molecule is Nc1nc2cc(-n3nc4c(c3Cl)CCCC4)c(F)cc2s1. The molecule has 4 rings (SSSR count). The van der Waals surface area contributed by atoms with Gasteiger partial charge in [0.05, 0.1) is 15.9 Å². The minimum atomic E-state index is -0.368. The van der Waals surface area contributed by atoms with E-state index in [9.17, 15) is 4.39 Å². The van der Waals surface area contributed by atoms with Crippen LogP contribution in [-0.2, 0) is 12.8 Å². The lowest BCUT2D eigenvalue weighted by Gasteiger charge is -2.08. The van der Waals surface area contributed by atoms with Crippen LogP contribution in [0.2, 0.25) is 5.15 Å². The summed E-state index contributed by atoms with van der Waals surface area (Å²) in [5, 5.41) is 5.41. The standard InChI is InChI=1S/C14H12ClFN4S/c15-13-7-3-1-2-4-9(7)19-20(13)11-6-10-12(5-8(11)16)21-14(17)18-10/h5-6H,1-4H2,(H2,17,18). The molecule has 0 radical (unpaired) electrons. The Hall–Kier alpha value is -1.66. The highest BCUT2D eigenvalue weighted by atomic mass is 35.5. The minimum absolute atomic E-state index is 0.326. The zero-order valence-corrected chi connectivity index (χ0v) is 12.6. The minimum Gasteiger partial charge on any atom is -0.375 e. The van der Waals surface area contributed by atoms with Gasteiger partial charge in [0.25, 0.3) is 0 Å². The van der Waals surface area contributed by atoms with Crippen LogP contribution in [0.25, 0.3) is 15.9 Å². The van der Waals surface area contributed by atoms with Gasteiger partial charge >= 0.3 is 0 Å². The number of hydrogen-bond acceptors (Lipinski definition) is 4. The Kier molecular flexibility index (Phi) is 2.90. The summed E-state index contributed by atoms with van der Waals surface area (Å²) in [5.41, 5.74) is 8.68. The molecular weight excluding hydrogens is 311 g/mol. The van der Waals surface area contributed by atoms with Crippen LogP contribution in [0.4, 0.5) is 9.52 Å². The first-order valence-electron chi connectivity index (χ1n) is 6.75. The Bertz CT molecular complexity index is 854. The molecule has 0 fully saturated rings. The Balaban J connectivity index is 1.93. The molecule has 1 aliphatic rings. The van der Waals surface area contributed by atoms with E-state index in [1.165, 1.54) is 22.1 Å². The second-order valence-corrected chi connectivity index (χ2v) is 6.58. The van der Waals surface area contributed by atoms with Crippen LogP contribution in [0, 0.1) is 5.82 Å². The zero-order valence-electron chi connectivity index (χ0n) is 11.1. The van der Waals surface area contributed by atoms with E-state index in [0.717, 1.165) is 41.6 Å². The highest BCUT2D eigenvalue weighted by Gasteiger charge is 2.22. The number of anilines is 1. The van der Waals surface area contributed by atoms with Gasteiger partial charge in [-0.1, -0.05) is 22.9 Å². The third kappa shape index (κ3) is 2.01. The van der Waals surface area contributed by atoms with Crippen molar-refractivity contribution in [1.29, 1.82) is 0 Å². The number of hydrogen-bond donors (Lipinski definition) is 1. The van der Waals surface area contributed by atoms with Crippen molar-refractivity contribution in [3.8, 4) is 5.69 Å². The van der Waals surface area contributed by atoms with Crippen LogP contribution in [0.15, 0.2) is 12.1 Å². The summed E-state index contributed by atoms with van der Waals surface area (Å²) in [5.74, 6) is -0.368. The van der Waals surface area contributed by atoms with Crippen LogP contribution < -0.4 is 5.73 Å². The molecule has 7 heteroatoms. The Morgan fingerprint density at radius 3 is 2.90 bits per heavy atom. The molecule has 2 heterocycles. The molecule has 21 heavy (non-hydrogen) atoms. The van der Waals surface area contributed by atoms with Crippen LogP contribution >= 0.6 is 22.9 Å². The number of nitrogens with zero attached hydrogens (tertiary/aromatic N) is 3. The molecular formula is C14H12ClFN4S. The summed E-state index contributed by atoms with van der Waals surface area (Å²) in [6.45, 7) is 0. The van der Waals surface area contributed by atoms with E-state index in [1.54, 1.807) is 6.07 Å². The maximum absolute atomic E-state index is 14.4. The van der Waals surface area contributed by atoms with Crippen molar-refractivity contribution in [2.45, 2.75) is 25.7 Å². The lowest BCUT2D eigenvalue weighted by molar-refractivity contribution is 0.611. The van der Waals surface area contributed by atoms with E-state index in [0.29, 0.717) is 21.5 Å². The largest absolute Gasteiger partial charge is 0.375 e. The quantitative estimate of drug-likeness (QED) is 0.742. The molecule has 2 N–H and O–H groups in total. The summed E-state index contributed by atoms with van der Waals surface area (Å²) in [6, 6.07) is 3.09. The molecule has 1 aromatic carbocycles. The van der Waals surface area contributed by atoms with Gasteiger partial charge in [-0.25, -0.2) is 14.1 Å². The van der Waals surface area contributed by atoms with Crippen molar-refractivity contribution in [3.63, 3.8) is 0 Å². The Morgan fingerprint density at radius 2 is 2.10 bits per heavy atom. The van der Waals surface area contributed by atoms with Crippen molar-refractivity contribution in [2.24, 2.45) is 0 Å². The molecule has 3 aromatic rings. The molecule has 0 unspecified atom stereocenters. The van der Waals surface area contributed by atoms with Crippen molar-refractivity contribution in [1.82, 2.24) is 14.8 Å². The predicted octanol–water partition coefficient (Wildman–Crippen LogP) is 3.74. The molecule has 0 saturated heterocycles. The Morgan fingerprint density at radius 1 is 1.29 bits per heavy atom. The number of halogens is 2. The fraction of sp³-hybridized carbons (Fsp3) is 0.286. The molecule has 0 atom stereocenters. The molecule has 108 valence electrons. The van der Waals surface area contributed by atoms with Gasteiger partial charge in [0, 0.05) is 5.56 Å². The van der Waals surface area contributed by atoms with Gasteiger partial charge in [-0.3, -0.25) is 0 Å². The molecule has 0 amide bonds. The Labute approximate surface area is 129 Å². The number of aryl methyl sites for hydroxylation is 1. The number of nitrogen functional groups attached to an aromatic ring is 1. The van der Waals surface area contributed by atoms with E-state index in [-0.39, 0.29) is 5.82 Å². The molecule has 0 spiro atoms. The first-order valence-corrected chi connectivity index (χ1v) is 7.95. The molecule has 0 saturated carbocycles. The smallest absolute Gasteiger partial charge is 0.181 e. The summed E-state index contributed by atoms with van der Waals surface area (Å²) in [4.78, 5) is 4.20. The van der Waals surface area contributed by atoms with E-state index < -0.39 is 0 Å². The average molecular weight is 323 g/mol. The van der Waals surface area contributed by atoms with E-state index >= 15 is 0 Å². The molecule has 4 nitrogen and oxygen atoms in total. The van der Waals surface area contributed by atoms with Gasteiger partial charge in [-0.2, -0.15) is 5.10 Å². The zero-order chi connectivity index (χ0) is 14.6. The van der Waals surface area contributed by atoms with Crippen LogP contribution in [0.3, 0.4) is 0 Å². The number of aromatic nitrogens is 3. The predicted molar refractivity (Wildman–Crippen MR) is 82.8 cm³/mol. The van der Waals surface area contributed by atoms with E-state index in [2.05, 4.69) is 10.1 Å².